The van der Waals surface area contributed by atoms with Crippen molar-refractivity contribution in [3.05, 3.63) is 23.2 Å². The Morgan fingerprint density at radius 2 is 2.31 bits per heavy atom. The minimum atomic E-state index is -0.0633. The molecule has 88 valence electrons. The number of carbonyl (C=O) groups excluding carboxylic acids is 1. The van der Waals surface area contributed by atoms with Crippen LogP contribution < -0.4 is 15.8 Å². The summed E-state index contributed by atoms with van der Waals surface area (Å²) in [4.78, 5) is 11.4. The lowest BCUT2D eigenvalue weighted by molar-refractivity contribution is -0.116. The predicted octanol–water partition coefficient (Wildman–Crippen LogP) is 2.03. The third-order valence-electron chi connectivity index (χ3n) is 2.04. The van der Waals surface area contributed by atoms with Crippen LogP contribution in [0.5, 0.6) is 5.75 Å². The molecule has 0 fully saturated rings. The van der Waals surface area contributed by atoms with Crippen LogP contribution in [0.2, 0.25) is 5.02 Å². The van der Waals surface area contributed by atoms with E-state index in [0.29, 0.717) is 35.8 Å². The van der Waals surface area contributed by atoms with Crippen molar-refractivity contribution in [3.63, 3.8) is 0 Å². The van der Waals surface area contributed by atoms with E-state index in [-0.39, 0.29) is 5.91 Å². The zero-order valence-corrected chi connectivity index (χ0v) is 9.88. The minimum Gasteiger partial charge on any atom is -0.495 e. The number of benzene rings is 1. The van der Waals surface area contributed by atoms with Crippen molar-refractivity contribution >= 4 is 23.2 Å². The SMILES string of the molecule is COc1ccc(NC(=O)CCCN)cc1Cl. The molecule has 0 aliphatic carbocycles. The molecule has 5 heteroatoms. The summed E-state index contributed by atoms with van der Waals surface area (Å²) in [6, 6.07) is 5.10. The summed E-state index contributed by atoms with van der Waals surface area (Å²) in [5, 5.41) is 3.21. The van der Waals surface area contributed by atoms with E-state index < -0.39 is 0 Å². The molecule has 0 aliphatic heterocycles. The summed E-state index contributed by atoms with van der Waals surface area (Å²) in [6.45, 7) is 0.511. The van der Waals surface area contributed by atoms with E-state index in [9.17, 15) is 4.79 Å². The molecule has 1 aromatic carbocycles. The van der Waals surface area contributed by atoms with Gasteiger partial charge in [0.15, 0.2) is 0 Å². The van der Waals surface area contributed by atoms with Crippen molar-refractivity contribution < 1.29 is 9.53 Å². The maximum Gasteiger partial charge on any atom is 0.224 e. The molecule has 0 bridgehead atoms. The van der Waals surface area contributed by atoms with Crippen LogP contribution in [0.15, 0.2) is 18.2 Å². The average Bonchev–Trinajstić information content (AvgIpc) is 2.26. The first-order chi connectivity index (χ1) is 7.67. The number of hydrogen-bond acceptors (Lipinski definition) is 3. The number of carbonyl (C=O) groups is 1. The number of nitrogens with one attached hydrogen (secondary N) is 1. The molecule has 0 spiro atoms. The fourth-order valence-corrected chi connectivity index (χ4v) is 1.49. The van der Waals surface area contributed by atoms with Crippen molar-refractivity contribution in [1.82, 2.24) is 0 Å². The van der Waals surface area contributed by atoms with Gasteiger partial charge in [0, 0.05) is 12.1 Å². The lowest BCUT2D eigenvalue weighted by Gasteiger charge is -2.07. The highest BCUT2D eigenvalue weighted by Gasteiger charge is 2.04. The molecule has 0 aromatic heterocycles. The number of amides is 1. The number of hydrogen-bond donors (Lipinski definition) is 2. The topological polar surface area (TPSA) is 64.3 Å². The van der Waals surface area contributed by atoms with Gasteiger partial charge in [-0.2, -0.15) is 0 Å². The zero-order valence-electron chi connectivity index (χ0n) is 9.13. The van der Waals surface area contributed by atoms with Gasteiger partial charge >= 0.3 is 0 Å². The molecule has 1 aromatic rings. The van der Waals surface area contributed by atoms with E-state index in [1.807, 2.05) is 0 Å². The first-order valence-electron chi connectivity index (χ1n) is 5.01. The van der Waals surface area contributed by atoms with Gasteiger partial charge in [0.1, 0.15) is 5.75 Å². The van der Waals surface area contributed by atoms with Crippen LogP contribution in [0.1, 0.15) is 12.8 Å². The Morgan fingerprint density at radius 3 is 2.88 bits per heavy atom. The van der Waals surface area contributed by atoms with Crippen LogP contribution in [-0.4, -0.2) is 19.6 Å². The van der Waals surface area contributed by atoms with Gasteiger partial charge in [-0.3, -0.25) is 4.79 Å². The van der Waals surface area contributed by atoms with E-state index in [0.717, 1.165) is 0 Å². The van der Waals surface area contributed by atoms with Crippen LogP contribution in [-0.2, 0) is 4.79 Å². The van der Waals surface area contributed by atoms with Crippen molar-refractivity contribution in [1.29, 1.82) is 0 Å². The van der Waals surface area contributed by atoms with E-state index >= 15 is 0 Å². The highest BCUT2D eigenvalue weighted by molar-refractivity contribution is 6.32. The van der Waals surface area contributed by atoms with E-state index in [1.165, 1.54) is 0 Å². The van der Waals surface area contributed by atoms with Gasteiger partial charge in [-0.05, 0) is 31.2 Å². The number of halogens is 1. The molecule has 0 unspecified atom stereocenters. The van der Waals surface area contributed by atoms with Gasteiger partial charge in [-0.25, -0.2) is 0 Å². The molecule has 1 rings (SSSR count). The molecule has 0 atom stereocenters. The first kappa shape index (κ1) is 12.8. The van der Waals surface area contributed by atoms with Crippen LogP contribution >= 0.6 is 11.6 Å². The highest BCUT2D eigenvalue weighted by Crippen LogP contribution is 2.27. The molecule has 0 aliphatic rings. The molecular weight excluding hydrogens is 228 g/mol. The number of ether oxygens (including phenoxy) is 1. The molecule has 0 radical (unpaired) electrons. The summed E-state index contributed by atoms with van der Waals surface area (Å²) in [5.74, 6) is 0.522. The fourth-order valence-electron chi connectivity index (χ4n) is 1.23. The van der Waals surface area contributed by atoms with Gasteiger partial charge in [0.2, 0.25) is 5.91 Å². The van der Waals surface area contributed by atoms with Gasteiger partial charge in [0.25, 0.3) is 0 Å². The third kappa shape index (κ3) is 3.72. The Morgan fingerprint density at radius 1 is 1.56 bits per heavy atom. The molecule has 4 nitrogen and oxygen atoms in total. The smallest absolute Gasteiger partial charge is 0.224 e. The Hall–Kier alpha value is -1.26. The Bertz CT molecular complexity index is 369. The Balaban J connectivity index is 2.61. The molecule has 16 heavy (non-hydrogen) atoms. The lowest BCUT2D eigenvalue weighted by atomic mass is 10.2. The number of nitrogens with two attached hydrogens (primary N) is 1. The van der Waals surface area contributed by atoms with Gasteiger partial charge in [0.05, 0.1) is 12.1 Å². The summed E-state index contributed by atoms with van der Waals surface area (Å²) >= 11 is 5.92. The minimum absolute atomic E-state index is 0.0633. The summed E-state index contributed by atoms with van der Waals surface area (Å²) in [6.07, 6.45) is 1.09. The largest absolute Gasteiger partial charge is 0.495 e. The van der Waals surface area contributed by atoms with Crippen LogP contribution in [0.3, 0.4) is 0 Å². The van der Waals surface area contributed by atoms with Crippen LogP contribution in [0.25, 0.3) is 0 Å². The van der Waals surface area contributed by atoms with Crippen LogP contribution in [0.4, 0.5) is 5.69 Å². The zero-order chi connectivity index (χ0) is 12.0. The number of anilines is 1. The molecule has 0 saturated carbocycles. The maximum absolute atomic E-state index is 11.4. The van der Waals surface area contributed by atoms with Crippen molar-refractivity contribution in [2.24, 2.45) is 5.73 Å². The quantitative estimate of drug-likeness (QED) is 0.830. The van der Waals surface area contributed by atoms with Gasteiger partial charge in [-0.1, -0.05) is 11.6 Å². The van der Waals surface area contributed by atoms with Crippen molar-refractivity contribution in [2.45, 2.75) is 12.8 Å². The Labute approximate surface area is 99.7 Å². The number of rotatable bonds is 5. The van der Waals surface area contributed by atoms with Gasteiger partial charge in [-0.15, -0.1) is 0 Å². The van der Waals surface area contributed by atoms with Gasteiger partial charge < -0.3 is 15.8 Å². The Kier molecular flexibility index (Phi) is 5.08. The summed E-state index contributed by atoms with van der Waals surface area (Å²) < 4.78 is 5.01. The van der Waals surface area contributed by atoms with Crippen LogP contribution in [0, 0.1) is 0 Å². The van der Waals surface area contributed by atoms with Crippen molar-refractivity contribution in [2.75, 3.05) is 19.0 Å². The molecule has 3 N–H and O–H groups in total. The average molecular weight is 243 g/mol. The predicted molar refractivity (Wildman–Crippen MR) is 64.9 cm³/mol. The van der Waals surface area contributed by atoms with Crippen molar-refractivity contribution in [3.8, 4) is 5.75 Å². The first-order valence-corrected chi connectivity index (χ1v) is 5.38. The molecule has 0 saturated heterocycles. The van der Waals surface area contributed by atoms with E-state index in [1.54, 1.807) is 25.3 Å². The number of methoxy groups -OCH3 is 1. The maximum atomic E-state index is 11.4. The normalized spacial score (nSPS) is 9.94. The second-order valence-corrected chi connectivity index (χ2v) is 3.70. The third-order valence-corrected chi connectivity index (χ3v) is 2.34. The van der Waals surface area contributed by atoms with E-state index in [2.05, 4.69) is 5.32 Å². The second-order valence-electron chi connectivity index (χ2n) is 3.29. The molecule has 0 heterocycles. The highest BCUT2D eigenvalue weighted by atomic mass is 35.5. The summed E-state index contributed by atoms with van der Waals surface area (Å²) in [5.41, 5.74) is 5.97. The molecular formula is C11H15ClN2O2. The monoisotopic (exact) mass is 242 g/mol. The fraction of sp³-hybridized carbons (Fsp3) is 0.364. The van der Waals surface area contributed by atoms with E-state index in [4.69, 9.17) is 22.1 Å². The standard InChI is InChI=1S/C11H15ClN2O2/c1-16-10-5-4-8(7-9(10)12)14-11(15)3-2-6-13/h4-5,7H,2-3,6,13H2,1H3,(H,14,15). The summed E-state index contributed by atoms with van der Waals surface area (Å²) in [7, 11) is 1.54. The molecule has 1 amide bonds. The lowest BCUT2D eigenvalue weighted by Crippen LogP contribution is -2.13. The second kappa shape index (κ2) is 6.35.